The van der Waals surface area contributed by atoms with Crippen LogP contribution in [-0.4, -0.2) is 19.2 Å². The van der Waals surface area contributed by atoms with Gasteiger partial charge in [-0.25, -0.2) is 0 Å². The largest absolute Gasteiger partial charge is 1.00 e. The first-order valence-corrected chi connectivity index (χ1v) is 2.55. The summed E-state index contributed by atoms with van der Waals surface area (Å²) in [5, 5.41) is 9.71. The minimum atomic E-state index is -0.400. The molecule has 0 fully saturated rings. The van der Waals surface area contributed by atoms with E-state index in [1.165, 1.54) is 0 Å². The van der Waals surface area contributed by atoms with E-state index in [2.05, 4.69) is 4.74 Å². The van der Waals surface area contributed by atoms with Crippen LogP contribution in [0.15, 0.2) is 0 Å². The van der Waals surface area contributed by atoms with Crippen molar-refractivity contribution < 1.29 is 66.0 Å². The van der Waals surface area contributed by atoms with Crippen LogP contribution >= 0.6 is 0 Å². The first-order valence-electron chi connectivity index (χ1n) is 2.55. The fourth-order valence-corrected chi connectivity index (χ4v) is 0.316. The Hall–Kier alpha value is 1.07. The number of carbonyl (C=O) groups excluding carboxylic acids is 1. The number of hydrogen-bond acceptors (Lipinski definition) is 3. The van der Waals surface area contributed by atoms with Gasteiger partial charge in [0, 0.05) is 6.42 Å². The van der Waals surface area contributed by atoms with Gasteiger partial charge in [-0.15, -0.1) is 6.61 Å². The van der Waals surface area contributed by atoms with Gasteiger partial charge in [0.25, 0.3) is 0 Å². The van der Waals surface area contributed by atoms with E-state index in [4.69, 9.17) is 0 Å². The summed E-state index contributed by atoms with van der Waals surface area (Å²) in [5.41, 5.74) is 0. The van der Waals surface area contributed by atoms with E-state index in [0.717, 1.165) is 0 Å². The second-order valence-electron chi connectivity index (χ2n) is 1.26. The van der Waals surface area contributed by atoms with Gasteiger partial charge < -0.3 is 9.84 Å². The van der Waals surface area contributed by atoms with Gasteiger partial charge >= 0.3 is 57.4 Å². The zero-order valence-electron chi connectivity index (χ0n) is 5.85. The Balaban J connectivity index is 0. The van der Waals surface area contributed by atoms with Crippen LogP contribution in [0.4, 0.5) is 0 Å². The molecule has 0 saturated carbocycles. The van der Waals surface area contributed by atoms with Gasteiger partial charge in [-0.2, -0.15) is 0 Å². The van der Waals surface area contributed by atoms with Crippen molar-refractivity contribution in [2.45, 2.75) is 13.3 Å². The summed E-state index contributed by atoms with van der Waals surface area (Å²) < 4.78 is 4.44. The first kappa shape index (κ1) is 12.7. The van der Waals surface area contributed by atoms with Crippen molar-refractivity contribution in [2.75, 3.05) is 13.2 Å². The Labute approximate surface area is 97.2 Å². The van der Waals surface area contributed by atoms with Gasteiger partial charge in [0.05, 0.1) is 6.61 Å². The second-order valence-corrected chi connectivity index (χ2v) is 1.26. The third kappa shape index (κ3) is 9.07. The summed E-state index contributed by atoms with van der Waals surface area (Å²) in [7, 11) is 0. The van der Waals surface area contributed by atoms with Crippen LogP contribution in [0.25, 0.3) is 0 Å². The van der Waals surface area contributed by atoms with Crippen LogP contribution in [0, 0.1) is 0 Å². The number of esters is 1. The molecule has 0 bridgehead atoms. The molecule has 0 atom stereocenters. The maximum atomic E-state index is 10.2. The minimum Gasteiger partial charge on any atom is -0.854 e. The Morgan fingerprint density at radius 3 is 2.56 bits per heavy atom. The zero-order chi connectivity index (χ0) is 6.41. The van der Waals surface area contributed by atoms with Gasteiger partial charge in [-0.1, -0.05) is 0 Å². The number of rotatable bonds is 3. The molecule has 0 aromatic heterocycles. The molecule has 0 unspecified atom stereocenters. The van der Waals surface area contributed by atoms with E-state index in [1.54, 1.807) is 6.92 Å². The fourth-order valence-electron chi connectivity index (χ4n) is 0.316. The van der Waals surface area contributed by atoms with Crippen LogP contribution < -0.4 is 56.5 Å². The third-order valence-corrected chi connectivity index (χ3v) is 0.612. The molecule has 0 aromatic carbocycles. The standard InChI is InChI=1S/C5H9O3.K/c1-2-8-5(7)3-4-6;/h2-4H2,1H3;/q-1;+1. The van der Waals surface area contributed by atoms with Crippen LogP contribution in [-0.2, 0) is 9.53 Å². The predicted molar refractivity (Wildman–Crippen MR) is 26.1 cm³/mol. The summed E-state index contributed by atoms with van der Waals surface area (Å²) in [4.78, 5) is 10.2. The summed E-state index contributed by atoms with van der Waals surface area (Å²) in [6.07, 6.45) is -0.00611. The molecule has 0 aliphatic carbocycles. The molecular weight excluding hydrogens is 147 g/mol. The molecule has 0 saturated heterocycles. The maximum absolute atomic E-state index is 10.2. The molecule has 0 radical (unpaired) electrons. The first-order chi connectivity index (χ1) is 3.81. The SMILES string of the molecule is CCOC(=O)CC[O-].[K+]. The molecular formula is C5H9KO3. The van der Waals surface area contributed by atoms with Crippen molar-refractivity contribution in [1.29, 1.82) is 0 Å². The van der Waals surface area contributed by atoms with E-state index in [9.17, 15) is 9.90 Å². The Bertz CT molecular complexity index is 66.6. The average molecular weight is 156 g/mol. The van der Waals surface area contributed by atoms with Crippen LogP contribution in [0.3, 0.4) is 0 Å². The number of carbonyl (C=O) groups is 1. The second kappa shape index (κ2) is 9.07. The molecule has 0 N–H and O–H groups in total. The number of ether oxygens (including phenoxy) is 1. The summed E-state index contributed by atoms with van der Waals surface area (Å²) in [5.74, 6) is -0.400. The van der Waals surface area contributed by atoms with Crippen LogP contribution in [0.5, 0.6) is 0 Å². The van der Waals surface area contributed by atoms with E-state index in [1.807, 2.05) is 0 Å². The van der Waals surface area contributed by atoms with Crippen molar-refractivity contribution in [2.24, 2.45) is 0 Å². The molecule has 0 amide bonds. The molecule has 0 heterocycles. The van der Waals surface area contributed by atoms with Crippen LogP contribution in [0.1, 0.15) is 13.3 Å². The molecule has 0 aromatic rings. The predicted octanol–water partition coefficient (Wildman–Crippen LogP) is -3.70. The molecule has 48 valence electrons. The molecule has 0 spiro atoms. The molecule has 4 heteroatoms. The van der Waals surface area contributed by atoms with Crippen molar-refractivity contribution >= 4 is 5.97 Å². The number of hydrogen-bond donors (Lipinski definition) is 0. The van der Waals surface area contributed by atoms with E-state index >= 15 is 0 Å². The Kier molecular flexibility index (Phi) is 12.8. The van der Waals surface area contributed by atoms with Crippen molar-refractivity contribution in [3.05, 3.63) is 0 Å². The van der Waals surface area contributed by atoms with Gasteiger partial charge in [0.1, 0.15) is 0 Å². The maximum Gasteiger partial charge on any atom is 1.00 e. The minimum absolute atomic E-state index is 0. The van der Waals surface area contributed by atoms with Gasteiger partial charge in [0.2, 0.25) is 0 Å². The fraction of sp³-hybridized carbons (Fsp3) is 0.800. The van der Waals surface area contributed by atoms with Gasteiger partial charge in [-0.05, 0) is 6.92 Å². The van der Waals surface area contributed by atoms with Crippen molar-refractivity contribution in [3.8, 4) is 0 Å². The zero-order valence-corrected chi connectivity index (χ0v) is 8.97. The Morgan fingerprint density at radius 1 is 1.67 bits per heavy atom. The third-order valence-electron chi connectivity index (χ3n) is 0.612. The summed E-state index contributed by atoms with van der Waals surface area (Å²) in [6, 6.07) is 0. The van der Waals surface area contributed by atoms with Crippen LogP contribution in [0.2, 0.25) is 0 Å². The smallest absolute Gasteiger partial charge is 0.854 e. The summed E-state index contributed by atoms with van der Waals surface area (Å²) in [6.45, 7) is 1.69. The summed E-state index contributed by atoms with van der Waals surface area (Å²) >= 11 is 0. The van der Waals surface area contributed by atoms with Crippen molar-refractivity contribution in [3.63, 3.8) is 0 Å². The average Bonchev–Trinajstić information content (AvgIpc) is 1.68. The molecule has 0 aliphatic heterocycles. The van der Waals surface area contributed by atoms with Crippen molar-refractivity contribution in [1.82, 2.24) is 0 Å². The van der Waals surface area contributed by atoms with E-state index in [0.29, 0.717) is 6.61 Å². The van der Waals surface area contributed by atoms with E-state index < -0.39 is 5.97 Å². The van der Waals surface area contributed by atoms with E-state index in [-0.39, 0.29) is 64.4 Å². The Morgan fingerprint density at radius 2 is 2.22 bits per heavy atom. The normalized spacial score (nSPS) is 7.78. The monoisotopic (exact) mass is 156 g/mol. The quantitative estimate of drug-likeness (QED) is 0.312. The van der Waals surface area contributed by atoms with Gasteiger partial charge in [0.15, 0.2) is 0 Å². The molecule has 3 nitrogen and oxygen atoms in total. The molecule has 0 aliphatic rings. The van der Waals surface area contributed by atoms with Gasteiger partial charge in [-0.3, -0.25) is 4.79 Å². The topological polar surface area (TPSA) is 49.4 Å². The molecule has 0 rings (SSSR count). The molecule has 9 heavy (non-hydrogen) atoms.